The molecule has 25 heavy (non-hydrogen) atoms. The Kier molecular flexibility index (Phi) is 5.89. The zero-order chi connectivity index (χ0) is 18.4. The lowest BCUT2D eigenvalue weighted by Gasteiger charge is -2.11. The Labute approximate surface area is 145 Å². The SMILES string of the molecule is Cc1ccc(C(=O)OCC(N)=O)cc1S(=O)(=O)NCc1ccccc1. The van der Waals surface area contributed by atoms with E-state index in [1.54, 1.807) is 19.1 Å². The summed E-state index contributed by atoms with van der Waals surface area (Å²) in [5.74, 6) is -1.61. The summed E-state index contributed by atoms with van der Waals surface area (Å²) in [6.07, 6.45) is 0. The molecule has 2 rings (SSSR count). The summed E-state index contributed by atoms with van der Waals surface area (Å²) < 4.78 is 32.3. The summed E-state index contributed by atoms with van der Waals surface area (Å²) in [6, 6.07) is 13.2. The molecular weight excluding hydrogens is 344 g/mol. The molecule has 1 amide bonds. The highest BCUT2D eigenvalue weighted by Gasteiger charge is 2.19. The third kappa shape index (κ3) is 5.13. The van der Waals surface area contributed by atoms with Crippen molar-refractivity contribution < 1.29 is 22.7 Å². The molecule has 8 heteroatoms. The van der Waals surface area contributed by atoms with E-state index in [0.29, 0.717) is 5.56 Å². The molecule has 0 aliphatic carbocycles. The second-order valence-electron chi connectivity index (χ2n) is 5.33. The van der Waals surface area contributed by atoms with Crippen molar-refractivity contribution in [1.82, 2.24) is 4.72 Å². The number of esters is 1. The van der Waals surface area contributed by atoms with Crippen LogP contribution in [0, 0.1) is 6.92 Å². The maximum atomic E-state index is 12.5. The maximum absolute atomic E-state index is 12.5. The Hall–Kier alpha value is -2.71. The zero-order valence-electron chi connectivity index (χ0n) is 13.6. The van der Waals surface area contributed by atoms with E-state index in [1.807, 2.05) is 18.2 Å². The van der Waals surface area contributed by atoms with Gasteiger partial charge in [-0.05, 0) is 30.2 Å². The van der Waals surface area contributed by atoms with Crippen molar-refractivity contribution in [1.29, 1.82) is 0 Å². The van der Waals surface area contributed by atoms with Crippen LogP contribution in [0.5, 0.6) is 0 Å². The summed E-state index contributed by atoms with van der Waals surface area (Å²) in [7, 11) is -3.83. The Morgan fingerprint density at radius 2 is 1.80 bits per heavy atom. The highest BCUT2D eigenvalue weighted by atomic mass is 32.2. The number of sulfonamides is 1. The van der Waals surface area contributed by atoms with E-state index in [9.17, 15) is 18.0 Å². The van der Waals surface area contributed by atoms with Crippen LogP contribution in [-0.4, -0.2) is 26.9 Å². The van der Waals surface area contributed by atoms with E-state index >= 15 is 0 Å². The normalized spacial score (nSPS) is 11.1. The van der Waals surface area contributed by atoms with E-state index < -0.39 is 28.5 Å². The molecule has 0 atom stereocenters. The van der Waals surface area contributed by atoms with Gasteiger partial charge in [0.2, 0.25) is 10.0 Å². The molecule has 0 unspecified atom stereocenters. The van der Waals surface area contributed by atoms with Crippen molar-refractivity contribution in [3.05, 3.63) is 65.2 Å². The summed E-state index contributed by atoms with van der Waals surface area (Å²) in [5, 5.41) is 0. The molecule has 7 nitrogen and oxygen atoms in total. The van der Waals surface area contributed by atoms with Gasteiger partial charge in [0.1, 0.15) is 0 Å². The van der Waals surface area contributed by atoms with Crippen molar-refractivity contribution in [2.75, 3.05) is 6.61 Å². The van der Waals surface area contributed by atoms with Gasteiger partial charge in [0.05, 0.1) is 10.5 Å². The van der Waals surface area contributed by atoms with Crippen molar-refractivity contribution in [2.45, 2.75) is 18.4 Å². The number of rotatable bonds is 7. The molecular formula is C17H18N2O5S. The van der Waals surface area contributed by atoms with Crippen LogP contribution < -0.4 is 10.5 Å². The summed E-state index contributed by atoms with van der Waals surface area (Å²) in [6.45, 7) is 1.18. The number of aryl methyl sites for hydroxylation is 1. The molecule has 0 aliphatic heterocycles. The third-order valence-corrected chi connectivity index (χ3v) is 4.91. The standard InChI is InChI=1S/C17H18N2O5S/c1-12-7-8-14(17(21)24-11-16(18)20)9-15(12)25(22,23)19-10-13-5-3-2-4-6-13/h2-9,19H,10-11H2,1H3,(H2,18,20). The molecule has 132 valence electrons. The Bertz CT molecular complexity index is 879. The fourth-order valence-corrected chi connectivity index (χ4v) is 3.37. The number of ether oxygens (including phenoxy) is 1. The molecule has 0 fully saturated rings. The highest BCUT2D eigenvalue weighted by molar-refractivity contribution is 7.89. The molecule has 0 aromatic heterocycles. The topological polar surface area (TPSA) is 116 Å². The molecule has 2 aromatic rings. The van der Waals surface area contributed by atoms with Gasteiger partial charge in [-0.1, -0.05) is 36.4 Å². The average Bonchev–Trinajstić information content (AvgIpc) is 2.59. The van der Waals surface area contributed by atoms with Crippen molar-refractivity contribution in [2.24, 2.45) is 5.73 Å². The lowest BCUT2D eigenvalue weighted by molar-refractivity contribution is -0.121. The van der Waals surface area contributed by atoms with Crippen LogP contribution in [0.15, 0.2) is 53.4 Å². The third-order valence-electron chi connectivity index (χ3n) is 3.37. The van der Waals surface area contributed by atoms with E-state index in [4.69, 9.17) is 10.5 Å². The molecule has 0 spiro atoms. The molecule has 0 aliphatic rings. The van der Waals surface area contributed by atoms with Crippen molar-refractivity contribution >= 4 is 21.9 Å². The first-order valence-corrected chi connectivity index (χ1v) is 8.87. The average molecular weight is 362 g/mol. The second-order valence-corrected chi connectivity index (χ2v) is 7.07. The van der Waals surface area contributed by atoms with Crippen LogP contribution in [0.4, 0.5) is 0 Å². The number of amides is 1. The van der Waals surface area contributed by atoms with Gasteiger partial charge in [-0.15, -0.1) is 0 Å². The molecule has 0 saturated heterocycles. The monoisotopic (exact) mass is 362 g/mol. The van der Waals surface area contributed by atoms with Gasteiger partial charge in [-0.3, -0.25) is 4.79 Å². The van der Waals surface area contributed by atoms with Gasteiger partial charge >= 0.3 is 5.97 Å². The predicted molar refractivity (Wildman–Crippen MR) is 91.1 cm³/mol. The first-order valence-electron chi connectivity index (χ1n) is 7.39. The molecule has 2 aromatic carbocycles. The summed E-state index contributed by atoms with van der Waals surface area (Å²) in [5.41, 5.74) is 6.22. The number of hydrogen-bond acceptors (Lipinski definition) is 5. The number of carbonyl (C=O) groups is 2. The number of primary amides is 1. The Morgan fingerprint density at radius 1 is 1.12 bits per heavy atom. The second kappa shape index (κ2) is 7.91. The fraction of sp³-hybridized carbons (Fsp3) is 0.176. The minimum absolute atomic E-state index is 0.0203. The van der Waals surface area contributed by atoms with E-state index in [1.165, 1.54) is 18.2 Å². The van der Waals surface area contributed by atoms with E-state index in [2.05, 4.69) is 4.72 Å². The lowest BCUT2D eigenvalue weighted by Crippen LogP contribution is -2.25. The first kappa shape index (κ1) is 18.6. The van der Waals surface area contributed by atoms with Crippen molar-refractivity contribution in [3.8, 4) is 0 Å². The maximum Gasteiger partial charge on any atom is 0.338 e. The van der Waals surface area contributed by atoms with Crippen LogP contribution in [-0.2, 0) is 26.1 Å². The van der Waals surface area contributed by atoms with Crippen LogP contribution in [0.1, 0.15) is 21.5 Å². The molecule has 0 saturated carbocycles. The van der Waals surface area contributed by atoms with Crippen LogP contribution >= 0.6 is 0 Å². The van der Waals surface area contributed by atoms with Crippen molar-refractivity contribution in [3.63, 3.8) is 0 Å². The van der Waals surface area contributed by atoms with Crippen LogP contribution in [0.2, 0.25) is 0 Å². The fourth-order valence-electron chi connectivity index (χ4n) is 2.09. The highest BCUT2D eigenvalue weighted by Crippen LogP contribution is 2.18. The molecule has 0 bridgehead atoms. The molecule has 3 N–H and O–H groups in total. The van der Waals surface area contributed by atoms with Gasteiger partial charge in [-0.25, -0.2) is 17.9 Å². The minimum atomic E-state index is -3.83. The smallest absolute Gasteiger partial charge is 0.338 e. The first-order chi connectivity index (χ1) is 11.8. The number of carbonyl (C=O) groups excluding carboxylic acids is 2. The van der Waals surface area contributed by atoms with Crippen LogP contribution in [0.3, 0.4) is 0 Å². The zero-order valence-corrected chi connectivity index (χ0v) is 14.4. The molecule has 0 heterocycles. The molecule has 0 radical (unpaired) electrons. The number of nitrogens with two attached hydrogens (primary N) is 1. The summed E-state index contributed by atoms with van der Waals surface area (Å²) in [4.78, 5) is 22.5. The van der Waals surface area contributed by atoms with Gasteiger partial charge in [-0.2, -0.15) is 0 Å². The van der Waals surface area contributed by atoms with Crippen LogP contribution in [0.25, 0.3) is 0 Å². The van der Waals surface area contributed by atoms with Gasteiger partial charge in [0, 0.05) is 6.54 Å². The quantitative estimate of drug-likeness (QED) is 0.716. The number of nitrogens with one attached hydrogen (secondary N) is 1. The minimum Gasteiger partial charge on any atom is -0.452 e. The van der Waals surface area contributed by atoms with Gasteiger partial charge in [0.25, 0.3) is 5.91 Å². The number of benzene rings is 2. The lowest BCUT2D eigenvalue weighted by atomic mass is 10.1. The number of hydrogen-bond donors (Lipinski definition) is 2. The van der Waals surface area contributed by atoms with Gasteiger partial charge < -0.3 is 10.5 Å². The van der Waals surface area contributed by atoms with Gasteiger partial charge in [0.15, 0.2) is 6.61 Å². The van der Waals surface area contributed by atoms with E-state index in [-0.39, 0.29) is 17.0 Å². The predicted octanol–water partition coefficient (Wildman–Crippen LogP) is 1.12. The van der Waals surface area contributed by atoms with E-state index in [0.717, 1.165) is 5.56 Å². The summed E-state index contributed by atoms with van der Waals surface area (Å²) >= 11 is 0. The largest absolute Gasteiger partial charge is 0.452 e. The Balaban J connectivity index is 2.20. The Morgan fingerprint density at radius 3 is 2.44 bits per heavy atom.